The lowest BCUT2D eigenvalue weighted by atomic mass is 10.1. The van der Waals surface area contributed by atoms with Gasteiger partial charge in [0.15, 0.2) is 9.84 Å². The normalized spacial score (nSPS) is 12.7. The molecule has 1 aromatic heterocycles. The molecule has 0 bridgehead atoms. The minimum absolute atomic E-state index is 0.219. The van der Waals surface area contributed by atoms with E-state index in [0.717, 1.165) is 11.8 Å². The van der Waals surface area contributed by atoms with E-state index in [1.54, 1.807) is 36.2 Å². The molecule has 1 unspecified atom stereocenters. The molecule has 116 valence electrons. The first-order valence-electron chi connectivity index (χ1n) is 6.64. The van der Waals surface area contributed by atoms with Gasteiger partial charge in [0.25, 0.3) is 5.91 Å². The van der Waals surface area contributed by atoms with E-state index in [0.29, 0.717) is 0 Å². The molecule has 0 aliphatic rings. The monoisotopic (exact) mass is 319 g/mol. The summed E-state index contributed by atoms with van der Waals surface area (Å²) in [6, 6.07) is 6.29. The molecule has 0 saturated heterocycles. The van der Waals surface area contributed by atoms with Crippen LogP contribution in [0.5, 0.6) is 0 Å². The number of aromatic nitrogens is 2. The number of amides is 1. The molecule has 0 radical (unpaired) electrons. The fraction of sp³-hybridized carbons (Fsp3) is 0.267. The summed E-state index contributed by atoms with van der Waals surface area (Å²) in [6.07, 6.45) is 5.55. The Morgan fingerprint density at radius 1 is 1.18 bits per heavy atom. The number of nitrogens with zero attached hydrogens (tertiary/aromatic N) is 3. The second kappa shape index (κ2) is 6.23. The van der Waals surface area contributed by atoms with Crippen LogP contribution < -0.4 is 0 Å². The van der Waals surface area contributed by atoms with E-state index < -0.39 is 9.84 Å². The van der Waals surface area contributed by atoms with Crippen LogP contribution in [0.1, 0.15) is 29.0 Å². The molecule has 6 nitrogen and oxygen atoms in total. The zero-order chi connectivity index (χ0) is 16.3. The van der Waals surface area contributed by atoms with Gasteiger partial charge < -0.3 is 4.90 Å². The van der Waals surface area contributed by atoms with E-state index in [-0.39, 0.29) is 22.5 Å². The maximum absolute atomic E-state index is 12.3. The molecule has 1 amide bonds. The number of carbonyl (C=O) groups is 1. The highest BCUT2D eigenvalue weighted by Crippen LogP contribution is 2.21. The molecule has 1 atom stereocenters. The van der Waals surface area contributed by atoms with Crippen molar-refractivity contribution in [3.05, 3.63) is 54.1 Å². The van der Waals surface area contributed by atoms with Gasteiger partial charge in [0, 0.05) is 25.7 Å². The summed E-state index contributed by atoms with van der Waals surface area (Å²) in [5, 5.41) is 0. The van der Waals surface area contributed by atoms with Crippen molar-refractivity contribution in [2.24, 2.45) is 0 Å². The van der Waals surface area contributed by atoms with Gasteiger partial charge in [0.1, 0.15) is 5.69 Å². The summed E-state index contributed by atoms with van der Waals surface area (Å²) >= 11 is 0. The fourth-order valence-electron chi connectivity index (χ4n) is 1.98. The molecule has 0 aliphatic heterocycles. The Hall–Kier alpha value is -2.28. The predicted octanol–water partition coefficient (Wildman–Crippen LogP) is 1.71. The van der Waals surface area contributed by atoms with Crippen molar-refractivity contribution in [2.75, 3.05) is 13.3 Å². The molecule has 0 aliphatic carbocycles. The number of benzene rings is 1. The SMILES string of the molecule is CC(c1ccc(S(C)(=O)=O)cc1)N(C)C(=O)c1cnccn1. The molecule has 0 saturated carbocycles. The van der Waals surface area contributed by atoms with Crippen LogP contribution in [0.15, 0.2) is 47.8 Å². The van der Waals surface area contributed by atoms with Gasteiger partial charge >= 0.3 is 0 Å². The Morgan fingerprint density at radius 3 is 2.32 bits per heavy atom. The van der Waals surface area contributed by atoms with Crippen molar-refractivity contribution >= 4 is 15.7 Å². The minimum Gasteiger partial charge on any atom is -0.334 e. The Bertz CT molecular complexity index is 758. The third-order valence-electron chi connectivity index (χ3n) is 3.47. The smallest absolute Gasteiger partial charge is 0.274 e. The standard InChI is InChI=1S/C15H17N3O3S/c1-11(12-4-6-13(7-5-12)22(3,20)21)18(2)15(19)14-10-16-8-9-17-14/h4-11H,1-3H3. The number of hydrogen-bond acceptors (Lipinski definition) is 5. The topological polar surface area (TPSA) is 80.2 Å². The maximum atomic E-state index is 12.3. The van der Waals surface area contributed by atoms with Crippen LogP contribution in [0.4, 0.5) is 0 Å². The first-order valence-corrected chi connectivity index (χ1v) is 8.53. The van der Waals surface area contributed by atoms with Crippen LogP contribution in [-0.4, -0.2) is 42.5 Å². The van der Waals surface area contributed by atoms with Crippen molar-refractivity contribution < 1.29 is 13.2 Å². The number of sulfone groups is 1. The Morgan fingerprint density at radius 2 is 1.82 bits per heavy atom. The molecule has 0 N–H and O–H groups in total. The lowest BCUT2D eigenvalue weighted by Gasteiger charge is -2.25. The summed E-state index contributed by atoms with van der Waals surface area (Å²) in [7, 11) is -1.55. The van der Waals surface area contributed by atoms with E-state index in [9.17, 15) is 13.2 Å². The van der Waals surface area contributed by atoms with Gasteiger partial charge in [-0.15, -0.1) is 0 Å². The summed E-state index contributed by atoms with van der Waals surface area (Å²) < 4.78 is 22.9. The van der Waals surface area contributed by atoms with Gasteiger partial charge in [-0.25, -0.2) is 13.4 Å². The van der Waals surface area contributed by atoms with Crippen LogP contribution in [-0.2, 0) is 9.84 Å². The van der Waals surface area contributed by atoms with Crippen molar-refractivity contribution in [1.29, 1.82) is 0 Å². The summed E-state index contributed by atoms with van der Waals surface area (Å²) in [5.74, 6) is -0.243. The third kappa shape index (κ3) is 3.48. The quantitative estimate of drug-likeness (QED) is 0.857. The third-order valence-corrected chi connectivity index (χ3v) is 4.60. The molecule has 1 aromatic carbocycles. The van der Waals surface area contributed by atoms with Crippen LogP contribution in [0.25, 0.3) is 0 Å². The molecule has 0 spiro atoms. The second-order valence-electron chi connectivity index (χ2n) is 5.02. The minimum atomic E-state index is -3.22. The van der Waals surface area contributed by atoms with Crippen molar-refractivity contribution in [3.8, 4) is 0 Å². The average molecular weight is 319 g/mol. The zero-order valence-corrected chi connectivity index (χ0v) is 13.4. The summed E-state index contributed by atoms with van der Waals surface area (Å²) in [6.45, 7) is 1.86. The molecule has 22 heavy (non-hydrogen) atoms. The zero-order valence-electron chi connectivity index (χ0n) is 12.6. The Labute approximate surface area is 129 Å². The van der Waals surface area contributed by atoms with Gasteiger partial charge in [-0.3, -0.25) is 9.78 Å². The van der Waals surface area contributed by atoms with Crippen molar-refractivity contribution in [3.63, 3.8) is 0 Å². The van der Waals surface area contributed by atoms with E-state index >= 15 is 0 Å². The van der Waals surface area contributed by atoms with E-state index in [2.05, 4.69) is 9.97 Å². The van der Waals surface area contributed by atoms with E-state index in [4.69, 9.17) is 0 Å². The van der Waals surface area contributed by atoms with Crippen LogP contribution in [0, 0.1) is 0 Å². The predicted molar refractivity (Wildman–Crippen MR) is 82.1 cm³/mol. The van der Waals surface area contributed by atoms with Crippen molar-refractivity contribution in [1.82, 2.24) is 14.9 Å². The second-order valence-corrected chi connectivity index (χ2v) is 7.04. The van der Waals surface area contributed by atoms with Gasteiger partial charge in [-0.2, -0.15) is 0 Å². The van der Waals surface area contributed by atoms with Gasteiger partial charge in [-0.05, 0) is 24.6 Å². The molecule has 1 heterocycles. The summed E-state index contributed by atoms with van der Waals surface area (Å²) in [5.41, 5.74) is 1.11. The van der Waals surface area contributed by atoms with Crippen LogP contribution >= 0.6 is 0 Å². The lowest BCUT2D eigenvalue weighted by Crippen LogP contribution is -2.30. The molecular weight excluding hydrogens is 302 g/mol. The Balaban J connectivity index is 2.20. The van der Waals surface area contributed by atoms with E-state index in [1.807, 2.05) is 6.92 Å². The Kier molecular flexibility index (Phi) is 4.56. The van der Waals surface area contributed by atoms with E-state index in [1.165, 1.54) is 18.6 Å². The summed E-state index contributed by atoms with van der Waals surface area (Å²) in [4.78, 5) is 22.0. The highest BCUT2D eigenvalue weighted by molar-refractivity contribution is 7.90. The molecule has 2 rings (SSSR count). The molecular formula is C15H17N3O3S. The first kappa shape index (κ1) is 16.1. The highest BCUT2D eigenvalue weighted by Gasteiger charge is 2.20. The number of carbonyl (C=O) groups excluding carboxylic acids is 1. The van der Waals surface area contributed by atoms with Gasteiger partial charge in [0.2, 0.25) is 0 Å². The van der Waals surface area contributed by atoms with Crippen LogP contribution in [0.2, 0.25) is 0 Å². The maximum Gasteiger partial charge on any atom is 0.274 e. The van der Waals surface area contributed by atoms with Crippen molar-refractivity contribution in [2.45, 2.75) is 17.9 Å². The number of rotatable bonds is 4. The van der Waals surface area contributed by atoms with Gasteiger partial charge in [-0.1, -0.05) is 12.1 Å². The molecule has 0 fully saturated rings. The highest BCUT2D eigenvalue weighted by atomic mass is 32.2. The molecule has 7 heteroatoms. The van der Waals surface area contributed by atoms with Gasteiger partial charge in [0.05, 0.1) is 17.1 Å². The fourth-order valence-corrected chi connectivity index (χ4v) is 2.61. The average Bonchev–Trinajstić information content (AvgIpc) is 2.53. The first-order chi connectivity index (χ1) is 10.3. The molecule has 2 aromatic rings. The lowest BCUT2D eigenvalue weighted by molar-refractivity contribution is 0.0736. The van der Waals surface area contributed by atoms with Crippen LogP contribution in [0.3, 0.4) is 0 Å². The largest absolute Gasteiger partial charge is 0.334 e. The number of hydrogen-bond donors (Lipinski definition) is 0.